The van der Waals surface area contributed by atoms with Gasteiger partial charge in [0.25, 0.3) is 0 Å². The zero-order chi connectivity index (χ0) is 11.0. The lowest BCUT2D eigenvalue weighted by Gasteiger charge is -2.03. The molecule has 3 rings (SSSR count). The summed E-state index contributed by atoms with van der Waals surface area (Å²) >= 11 is 0. The Morgan fingerprint density at radius 2 is 2.38 bits per heavy atom. The molecule has 2 aromatic rings. The summed E-state index contributed by atoms with van der Waals surface area (Å²) in [4.78, 5) is 16.1. The molecule has 0 radical (unpaired) electrons. The monoisotopic (exact) mass is 214 g/mol. The molecule has 0 aliphatic heterocycles. The smallest absolute Gasteiger partial charge is 0.136 e. The van der Waals surface area contributed by atoms with Gasteiger partial charge in [0.15, 0.2) is 0 Å². The van der Waals surface area contributed by atoms with Crippen LogP contribution in [0.4, 0.5) is 0 Å². The van der Waals surface area contributed by atoms with Crippen LogP contribution in [0.15, 0.2) is 30.6 Å². The molecule has 16 heavy (non-hydrogen) atoms. The quantitative estimate of drug-likeness (QED) is 0.768. The van der Waals surface area contributed by atoms with E-state index >= 15 is 0 Å². The summed E-state index contributed by atoms with van der Waals surface area (Å²) < 4.78 is 2.01. The molecular weight excluding hydrogens is 200 g/mol. The third-order valence-electron chi connectivity index (χ3n) is 3.30. The van der Waals surface area contributed by atoms with Gasteiger partial charge in [-0.2, -0.15) is 0 Å². The Hall–Kier alpha value is -1.64. The number of fused-ring (bicyclic) bond motifs is 1. The molecule has 2 heterocycles. The van der Waals surface area contributed by atoms with E-state index in [-0.39, 0.29) is 5.92 Å². The first-order chi connectivity index (χ1) is 7.83. The van der Waals surface area contributed by atoms with Gasteiger partial charge in [-0.25, -0.2) is 4.98 Å². The van der Waals surface area contributed by atoms with Crippen molar-refractivity contribution in [3.05, 3.63) is 36.3 Å². The topological polar surface area (TPSA) is 34.4 Å². The molecule has 0 spiro atoms. The molecule has 1 unspecified atom stereocenters. The fraction of sp³-hybridized carbons (Fsp3) is 0.385. The number of carbonyl (C=O) groups excluding carboxylic acids is 1. The summed E-state index contributed by atoms with van der Waals surface area (Å²) in [6.07, 6.45) is 7.67. The number of carbonyl (C=O) groups is 1. The van der Waals surface area contributed by atoms with Crippen molar-refractivity contribution >= 4 is 11.4 Å². The number of imidazole rings is 1. The highest BCUT2D eigenvalue weighted by Gasteiger charge is 2.25. The van der Waals surface area contributed by atoms with E-state index in [1.807, 2.05) is 35.0 Å². The number of ketones is 1. The fourth-order valence-electron chi connectivity index (χ4n) is 2.44. The van der Waals surface area contributed by atoms with Crippen LogP contribution < -0.4 is 0 Å². The number of nitrogens with zero attached hydrogens (tertiary/aromatic N) is 2. The van der Waals surface area contributed by atoms with Gasteiger partial charge >= 0.3 is 0 Å². The van der Waals surface area contributed by atoms with Crippen LogP contribution in [0.2, 0.25) is 0 Å². The van der Waals surface area contributed by atoms with E-state index in [9.17, 15) is 4.79 Å². The van der Waals surface area contributed by atoms with Crippen LogP contribution in [0.5, 0.6) is 0 Å². The molecule has 0 bridgehead atoms. The molecule has 1 aliphatic rings. The van der Waals surface area contributed by atoms with Gasteiger partial charge in [-0.05, 0) is 25.0 Å². The average molecular weight is 214 g/mol. The van der Waals surface area contributed by atoms with E-state index in [1.165, 1.54) is 0 Å². The highest BCUT2D eigenvalue weighted by molar-refractivity contribution is 5.83. The van der Waals surface area contributed by atoms with E-state index < -0.39 is 0 Å². The van der Waals surface area contributed by atoms with Gasteiger partial charge in [-0.3, -0.25) is 4.79 Å². The van der Waals surface area contributed by atoms with Crippen LogP contribution in [-0.2, 0) is 11.2 Å². The summed E-state index contributed by atoms with van der Waals surface area (Å²) in [5.74, 6) is 0.627. The maximum atomic E-state index is 11.6. The Kier molecular flexibility index (Phi) is 2.24. The van der Waals surface area contributed by atoms with Crippen molar-refractivity contribution in [2.45, 2.75) is 25.7 Å². The number of hydrogen-bond donors (Lipinski definition) is 0. The van der Waals surface area contributed by atoms with Gasteiger partial charge in [-0.15, -0.1) is 0 Å². The van der Waals surface area contributed by atoms with Gasteiger partial charge < -0.3 is 4.40 Å². The van der Waals surface area contributed by atoms with Gasteiger partial charge in [-0.1, -0.05) is 6.07 Å². The molecule has 0 N–H and O–H groups in total. The van der Waals surface area contributed by atoms with Crippen LogP contribution in [-0.4, -0.2) is 15.2 Å². The summed E-state index contributed by atoms with van der Waals surface area (Å²) in [5.41, 5.74) is 1.99. The van der Waals surface area contributed by atoms with Gasteiger partial charge in [0.05, 0.1) is 5.69 Å². The highest BCUT2D eigenvalue weighted by Crippen LogP contribution is 2.24. The van der Waals surface area contributed by atoms with Crippen LogP contribution in [0, 0.1) is 5.92 Å². The first-order valence-electron chi connectivity index (χ1n) is 5.78. The fourth-order valence-corrected chi connectivity index (χ4v) is 2.44. The third-order valence-corrected chi connectivity index (χ3v) is 3.30. The largest absolute Gasteiger partial charge is 0.307 e. The lowest BCUT2D eigenvalue weighted by molar-refractivity contribution is -0.120. The zero-order valence-electron chi connectivity index (χ0n) is 9.10. The maximum absolute atomic E-state index is 11.6. The Bertz CT molecular complexity index is 496. The molecule has 0 amide bonds. The molecular formula is C13H14N2O. The Labute approximate surface area is 94.1 Å². The second-order valence-corrected chi connectivity index (χ2v) is 4.46. The van der Waals surface area contributed by atoms with Crippen molar-refractivity contribution in [1.29, 1.82) is 0 Å². The second-order valence-electron chi connectivity index (χ2n) is 4.46. The molecule has 1 fully saturated rings. The lowest BCUT2D eigenvalue weighted by Crippen LogP contribution is -2.09. The first-order valence-corrected chi connectivity index (χ1v) is 5.78. The van der Waals surface area contributed by atoms with E-state index in [2.05, 4.69) is 4.98 Å². The molecule has 0 aromatic carbocycles. The van der Waals surface area contributed by atoms with E-state index in [4.69, 9.17) is 0 Å². The van der Waals surface area contributed by atoms with E-state index in [0.29, 0.717) is 5.78 Å². The standard InChI is InChI=1S/C13H14N2O/c16-12-5-3-4-10(12)8-11-9-15-7-2-1-6-13(15)14-11/h1-2,6-7,9-10H,3-5,8H2. The molecule has 1 aliphatic carbocycles. The third kappa shape index (κ3) is 1.62. The number of rotatable bonds is 2. The Balaban J connectivity index is 1.86. The zero-order valence-corrected chi connectivity index (χ0v) is 9.10. The van der Waals surface area contributed by atoms with Gasteiger partial charge in [0.1, 0.15) is 11.4 Å². The predicted octanol–water partition coefficient (Wildman–Crippen LogP) is 2.25. The normalized spacial score (nSPS) is 20.8. The second kappa shape index (κ2) is 3.74. The van der Waals surface area contributed by atoms with Crippen LogP contribution in [0.3, 0.4) is 0 Å². The minimum atomic E-state index is 0.213. The number of pyridine rings is 1. The molecule has 82 valence electrons. The SMILES string of the molecule is O=C1CCCC1Cc1cn2ccccc2n1. The van der Waals surface area contributed by atoms with Crippen LogP contribution >= 0.6 is 0 Å². The molecule has 1 saturated carbocycles. The number of Topliss-reactive ketones (excluding diaryl/α,β-unsaturated/α-hetero) is 1. The first kappa shape index (κ1) is 9.58. The Morgan fingerprint density at radius 3 is 3.12 bits per heavy atom. The van der Waals surface area contributed by atoms with Crippen molar-refractivity contribution in [2.24, 2.45) is 5.92 Å². The van der Waals surface area contributed by atoms with Gasteiger partial charge in [0, 0.05) is 31.2 Å². The summed E-state index contributed by atoms with van der Waals surface area (Å²) in [5, 5.41) is 0. The van der Waals surface area contributed by atoms with E-state index in [0.717, 1.165) is 37.0 Å². The molecule has 2 aromatic heterocycles. The van der Waals surface area contributed by atoms with E-state index in [1.54, 1.807) is 0 Å². The van der Waals surface area contributed by atoms with Crippen LogP contribution in [0.1, 0.15) is 25.0 Å². The lowest BCUT2D eigenvalue weighted by atomic mass is 10.0. The van der Waals surface area contributed by atoms with Crippen molar-refractivity contribution in [3.8, 4) is 0 Å². The summed E-state index contributed by atoms with van der Waals surface area (Å²) in [6, 6.07) is 5.95. The minimum Gasteiger partial charge on any atom is -0.307 e. The predicted molar refractivity (Wildman–Crippen MR) is 61.2 cm³/mol. The van der Waals surface area contributed by atoms with Crippen molar-refractivity contribution in [2.75, 3.05) is 0 Å². The van der Waals surface area contributed by atoms with Gasteiger partial charge in [0.2, 0.25) is 0 Å². The van der Waals surface area contributed by atoms with Crippen molar-refractivity contribution in [3.63, 3.8) is 0 Å². The maximum Gasteiger partial charge on any atom is 0.136 e. The Morgan fingerprint density at radius 1 is 1.44 bits per heavy atom. The summed E-state index contributed by atoms with van der Waals surface area (Å²) in [6.45, 7) is 0. The molecule has 3 heteroatoms. The summed E-state index contributed by atoms with van der Waals surface area (Å²) in [7, 11) is 0. The van der Waals surface area contributed by atoms with Crippen LogP contribution in [0.25, 0.3) is 5.65 Å². The molecule has 0 saturated heterocycles. The van der Waals surface area contributed by atoms with Crippen molar-refractivity contribution < 1.29 is 4.79 Å². The molecule has 1 atom stereocenters. The molecule has 3 nitrogen and oxygen atoms in total. The highest BCUT2D eigenvalue weighted by atomic mass is 16.1. The number of hydrogen-bond acceptors (Lipinski definition) is 2. The van der Waals surface area contributed by atoms with Crippen molar-refractivity contribution in [1.82, 2.24) is 9.38 Å². The average Bonchev–Trinajstić information content (AvgIpc) is 2.85. The minimum absolute atomic E-state index is 0.213. The number of aromatic nitrogens is 2.